The maximum absolute atomic E-state index is 12.2. The summed E-state index contributed by atoms with van der Waals surface area (Å²) in [6.45, 7) is 4.71. The number of fused-ring (bicyclic) bond motifs is 1. The van der Waals surface area contributed by atoms with E-state index in [9.17, 15) is 4.79 Å². The fourth-order valence-corrected chi connectivity index (χ4v) is 2.97. The molecule has 0 aliphatic heterocycles. The van der Waals surface area contributed by atoms with E-state index in [-0.39, 0.29) is 12.5 Å². The maximum Gasteiger partial charge on any atom is 0.287 e. The summed E-state index contributed by atoms with van der Waals surface area (Å²) < 4.78 is 5.74. The molecule has 0 saturated carbocycles. The number of furan rings is 1. The van der Waals surface area contributed by atoms with E-state index < -0.39 is 0 Å². The van der Waals surface area contributed by atoms with E-state index in [4.69, 9.17) is 9.52 Å². The van der Waals surface area contributed by atoms with Gasteiger partial charge in [-0.25, -0.2) is 0 Å². The number of hydrogen-bond acceptors (Lipinski definition) is 4. The lowest BCUT2D eigenvalue weighted by molar-refractivity contribution is 0.0930. The highest BCUT2D eigenvalue weighted by Gasteiger charge is 2.17. The van der Waals surface area contributed by atoms with Crippen LogP contribution in [0, 0.1) is 13.8 Å². The van der Waals surface area contributed by atoms with Crippen molar-refractivity contribution in [3.8, 4) is 0 Å². The Hall–Kier alpha value is -1.46. The number of nitrogens with one attached hydrogen (secondary N) is 1. The molecule has 0 spiro atoms. The number of thioether (sulfide) groups is 1. The molecule has 0 radical (unpaired) electrons. The van der Waals surface area contributed by atoms with Gasteiger partial charge in [0.05, 0.1) is 0 Å². The van der Waals surface area contributed by atoms with Crippen LogP contribution in [0.3, 0.4) is 0 Å². The van der Waals surface area contributed by atoms with Crippen molar-refractivity contribution in [2.45, 2.75) is 20.3 Å². The Kier molecular flexibility index (Phi) is 5.70. The standard InChI is InChI=1S/C16H21NO3S/c1-11-5-3-6-13-12(2)15(20-14(11)13)16(19)17-7-10-21-9-4-8-18/h3,5-6,18H,4,7-10H2,1-2H3,(H,17,19). The molecule has 1 heterocycles. The third kappa shape index (κ3) is 3.80. The quantitative estimate of drug-likeness (QED) is 0.772. The van der Waals surface area contributed by atoms with Crippen molar-refractivity contribution < 1.29 is 14.3 Å². The average molecular weight is 307 g/mol. The molecule has 0 aliphatic carbocycles. The van der Waals surface area contributed by atoms with Gasteiger partial charge >= 0.3 is 0 Å². The normalized spacial score (nSPS) is 11.0. The second-order valence-corrected chi connectivity index (χ2v) is 6.18. The number of carbonyl (C=O) groups excluding carboxylic acids is 1. The van der Waals surface area contributed by atoms with Gasteiger partial charge in [0.25, 0.3) is 5.91 Å². The van der Waals surface area contributed by atoms with Crippen LogP contribution in [0.15, 0.2) is 22.6 Å². The molecule has 0 bridgehead atoms. The number of aryl methyl sites for hydroxylation is 2. The molecule has 2 aromatic rings. The molecule has 2 N–H and O–H groups in total. The summed E-state index contributed by atoms with van der Waals surface area (Å²) >= 11 is 1.72. The molecule has 0 fully saturated rings. The molecule has 5 heteroatoms. The number of rotatable bonds is 7. The molecule has 0 aliphatic rings. The van der Waals surface area contributed by atoms with Gasteiger partial charge in [-0.2, -0.15) is 11.8 Å². The molecule has 0 unspecified atom stereocenters. The molecule has 114 valence electrons. The predicted octanol–water partition coefficient (Wildman–Crippen LogP) is 2.90. The first-order chi connectivity index (χ1) is 10.1. The van der Waals surface area contributed by atoms with Crippen LogP contribution in [0.5, 0.6) is 0 Å². The van der Waals surface area contributed by atoms with E-state index in [1.807, 2.05) is 32.0 Å². The summed E-state index contributed by atoms with van der Waals surface area (Å²) in [5.74, 6) is 1.99. The minimum Gasteiger partial charge on any atom is -0.450 e. The van der Waals surface area contributed by atoms with Gasteiger partial charge in [-0.3, -0.25) is 4.79 Å². The van der Waals surface area contributed by atoms with E-state index in [1.165, 1.54) is 0 Å². The Balaban J connectivity index is 1.97. The van der Waals surface area contributed by atoms with Gasteiger partial charge in [0, 0.05) is 29.9 Å². The molecule has 2 rings (SSSR count). The number of hydrogen-bond donors (Lipinski definition) is 2. The molecule has 21 heavy (non-hydrogen) atoms. The predicted molar refractivity (Wildman–Crippen MR) is 87.0 cm³/mol. The van der Waals surface area contributed by atoms with Gasteiger partial charge in [-0.1, -0.05) is 18.2 Å². The van der Waals surface area contributed by atoms with Crippen molar-refractivity contribution in [2.75, 3.05) is 24.7 Å². The third-order valence-electron chi connectivity index (χ3n) is 3.35. The number of aliphatic hydroxyl groups excluding tert-OH is 1. The summed E-state index contributed by atoms with van der Waals surface area (Å²) in [6, 6.07) is 5.92. The Morgan fingerprint density at radius 3 is 2.86 bits per heavy atom. The molecular weight excluding hydrogens is 286 g/mol. The first kappa shape index (κ1) is 15.9. The van der Waals surface area contributed by atoms with Gasteiger partial charge in [-0.15, -0.1) is 0 Å². The maximum atomic E-state index is 12.2. The Morgan fingerprint density at radius 1 is 1.33 bits per heavy atom. The number of benzene rings is 1. The Labute approximate surface area is 128 Å². The Bertz CT molecular complexity index is 621. The number of carbonyl (C=O) groups is 1. The molecule has 1 aromatic heterocycles. The van der Waals surface area contributed by atoms with Crippen molar-refractivity contribution in [1.29, 1.82) is 0 Å². The lowest BCUT2D eigenvalue weighted by Crippen LogP contribution is -2.26. The molecule has 1 amide bonds. The van der Waals surface area contributed by atoms with Gasteiger partial charge in [0.15, 0.2) is 5.76 Å². The molecule has 0 atom stereocenters. The Morgan fingerprint density at radius 2 is 2.14 bits per heavy atom. The second-order valence-electron chi connectivity index (χ2n) is 4.95. The number of aliphatic hydroxyl groups is 1. The van der Waals surface area contributed by atoms with E-state index in [0.29, 0.717) is 12.3 Å². The van der Waals surface area contributed by atoms with E-state index in [2.05, 4.69) is 5.32 Å². The fourth-order valence-electron chi connectivity index (χ4n) is 2.19. The lowest BCUT2D eigenvalue weighted by Gasteiger charge is -2.03. The highest BCUT2D eigenvalue weighted by molar-refractivity contribution is 7.99. The fraction of sp³-hybridized carbons (Fsp3) is 0.438. The van der Waals surface area contributed by atoms with Crippen molar-refractivity contribution in [1.82, 2.24) is 5.32 Å². The lowest BCUT2D eigenvalue weighted by atomic mass is 10.1. The van der Waals surface area contributed by atoms with E-state index in [1.54, 1.807) is 11.8 Å². The van der Waals surface area contributed by atoms with E-state index >= 15 is 0 Å². The van der Waals surface area contributed by atoms with Crippen molar-refractivity contribution >= 4 is 28.6 Å². The minimum absolute atomic E-state index is 0.161. The summed E-state index contributed by atoms with van der Waals surface area (Å²) in [6.07, 6.45) is 0.792. The molecule has 4 nitrogen and oxygen atoms in total. The topological polar surface area (TPSA) is 62.5 Å². The van der Waals surface area contributed by atoms with E-state index in [0.717, 1.165) is 40.0 Å². The SMILES string of the molecule is Cc1c(C(=O)NCCSCCCO)oc2c(C)cccc12. The zero-order chi connectivity index (χ0) is 15.2. The largest absolute Gasteiger partial charge is 0.450 e. The van der Waals surface area contributed by atoms with Gasteiger partial charge in [0.1, 0.15) is 5.58 Å². The van der Waals surface area contributed by atoms with Crippen LogP contribution in [0.25, 0.3) is 11.0 Å². The van der Waals surface area contributed by atoms with Crippen LogP contribution < -0.4 is 5.32 Å². The monoisotopic (exact) mass is 307 g/mol. The van der Waals surface area contributed by atoms with Crippen LogP contribution in [-0.4, -0.2) is 35.7 Å². The zero-order valence-corrected chi connectivity index (χ0v) is 13.3. The number of amides is 1. The first-order valence-electron chi connectivity index (χ1n) is 7.10. The van der Waals surface area contributed by atoms with Gasteiger partial charge in [-0.05, 0) is 31.6 Å². The summed E-state index contributed by atoms with van der Waals surface area (Å²) in [7, 11) is 0. The second kappa shape index (κ2) is 7.52. The smallest absolute Gasteiger partial charge is 0.287 e. The van der Waals surface area contributed by atoms with Crippen molar-refractivity contribution in [2.24, 2.45) is 0 Å². The molecule has 0 saturated heterocycles. The van der Waals surface area contributed by atoms with Crippen LogP contribution in [0.2, 0.25) is 0 Å². The first-order valence-corrected chi connectivity index (χ1v) is 8.26. The summed E-state index contributed by atoms with van der Waals surface area (Å²) in [5.41, 5.74) is 2.71. The minimum atomic E-state index is -0.161. The van der Waals surface area contributed by atoms with Gasteiger partial charge in [0.2, 0.25) is 0 Å². The van der Waals surface area contributed by atoms with Crippen LogP contribution in [0.4, 0.5) is 0 Å². The highest BCUT2D eigenvalue weighted by atomic mass is 32.2. The van der Waals surface area contributed by atoms with Crippen LogP contribution in [-0.2, 0) is 0 Å². The molecular formula is C16H21NO3S. The van der Waals surface area contributed by atoms with Crippen LogP contribution in [0.1, 0.15) is 28.1 Å². The summed E-state index contributed by atoms with van der Waals surface area (Å²) in [4.78, 5) is 12.2. The molecule has 1 aromatic carbocycles. The van der Waals surface area contributed by atoms with Crippen LogP contribution >= 0.6 is 11.8 Å². The zero-order valence-electron chi connectivity index (χ0n) is 12.4. The van der Waals surface area contributed by atoms with Gasteiger partial charge < -0.3 is 14.8 Å². The third-order valence-corrected chi connectivity index (χ3v) is 4.42. The average Bonchev–Trinajstić information content (AvgIpc) is 2.82. The highest BCUT2D eigenvalue weighted by Crippen LogP contribution is 2.27. The van der Waals surface area contributed by atoms with Crippen molar-refractivity contribution in [3.05, 3.63) is 35.1 Å². The summed E-state index contributed by atoms with van der Waals surface area (Å²) in [5, 5.41) is 12.6. The van der Waals surface area contributed by atoms with Crippen molar-refractivity contribution in [3.63, 3.8) is 0 Å². The number of para-hydroxylation sites is 1.